The van der Waals surface area contributed by atoms with Crippen molar-refractivity contribution in [3.05, 3.63) is 28.3 Å². The summed E-state index contributed by atoms with van der Waals surface area (Å²) in [5.41, 5.74) is 3.47. The Balaban J connectivity index is 1.58. The van der Waals surface area contributed by atoms with E-state index in [1.807, 2.05) is 33.8 Å². The standard InChI is InChI=1S/C24H36N2O5S/c1-16-7-6-10-25(14-16)22(27)15-31-24(28)21-8-11-26(12-9-21)32(29,30)23-19(4)17(2)13-18(3)20(23)5/h13,16,21H,6-12,14-15H2,1-5H3. The summed E-state index contributed by atoms with van der Waals surface area (Å²) in [4.78, 5) is 27.0. The number of nitrogens with zero attached hydrogens (tertiary/aromatic N) is 2. The van der Waals surface area contributed by atoms with Crippen molar-refractivity contribution in [2.45, 2.75) is 65.2 Å². The number of piperidine rings is 2. The summed E-state index contributed by atoms with van der Waals surface area (Å²) in [5.74, 6) is -0.458. The molecule has 0 aromatic heterocycles. The van der Waals surface area contributed by atoms with Gasteiger partial charge in [0.2, 0.25) is 10.0 Å². The fourth-order valence-corrected chi connectivity index (χ4v) is 6.83. The number of amides is 1. The summed E-state index contributed by atoms with van der Waals surface area (Å²) < 4.78 is 33.6. The molecule has 3 rings (SSSR count). The average molecular weight is 465 g/mol. The number of hydrogen-bond donors (Lipinski definition) is 0. The van der Waals surface area contributed by atoms with Gasteiger partial charge in [-0.3, -0.25) is 9.59 Å². The number of benzene rings is 1. The number of rotatable bonds is 5. The second kappa shape index (κ2) is 9.91. The zero-order valence-electron chi connectivity index (χ0n) is 19.9. The van der Waals surface area contributed by atoms with Gasteiger partial charge in [-0.15, -0.1) is 0 Å². The Morgan fingerprint density at radius 1 is 1.00 bits per heavy atom. The lowest BCUT2D eigenvalue weighted by atomic mass is 9.98. The molecule has 2 heterocycles. The zero-order valence-corrected chi connectivity index (χ0v) is 20.8. The minimum atomic E-state index is -3.64. The van der Waals surface area contributed by atoms with E-state index in [9.17, 15) is 18.0 Å². The number of carbonyl (C=O) groups excluding carboxylic acids is 2. The molecule has 2 aliphatic rings. The number of sulfonamides is 1. The first kappa shape index (κ1) is 24.7. The first-order valence-electron chi connectivity index (χ1n) is 11.5. The molecule has 178 valence electrons. The van der Waals surface area contributed by atoms with E-state index in [1.165, 1.54) is 4.31 Å². The predicted molar refractivity (Wildman–Crippen MR) is 123 cm³/mol. The molecule has 0 aliphatic carbocycles. The largest absolute Gasteiger partial charge is 0.455 e. The van der Waals surface area contributed by atoms with Gasteiger partial charge in [0, 0.05) is 26.2 Å². The maximum Gasteiger partial charge on any atom is 0.309 e. The summed E-state index contributed by atoms with van der Waals surface area (Å²) in [6.45, 7) is 11.4. The van der Waals surface area contributed by atoms with E-state index in [1.54, 1.807) is 4.90 Å². The second-order valence-corrected chi connectivity index (χ2v) is 11.3. The Morgan fingerprint density at radius 3 is 2.16 bits per heavy atom. The van der Waals surface area contributed by atoms with Gasteiger partial charge in [-0.1, -0.05) is 13.0 Å². The van der Waals surface area contributed by atoms with Crippen LogP contribution in [0, 0.1) is 39.5 Å². The van der Waals surface area contributed by atoms with Crippen molar-refractivity contribution in [1.29, 1.82) is 0 Å². The van der Waals surface area contributed by atoms with E-state index in [2.05, 4.69) is 6.92 Å². The molecular formula is C24H36N2O5S. The Hall–Kier alpha value is -1.93. The highest BCUT2D eigenvalue weighted by molar-refractivity contribution is 7.89. The Morgan fingerprint density at radius 2 is 1.59 bits per heavy atom. The lowest BCUT2D eigenvalue weighted by Gasteiger charge is -2.32. The van der Waals surface area contributed by atoms with Crippen molar-refractivity contribution in [2.24, 2.45) is 11.8 Å². The molecule has 1 aromatic carbocycles. The average Bonchev–Trinajstić information content (AvgIpc) is 2.76. The number of hydrogen-bond acceptors (Lipinski definition) is 5. The minimum absolute atomic E-state index is 0.148. The van der Waals surface area contributed by atoms with E-state index in [-0.39, 0.29) is 31.5 Å². The number of esters is 1. The van der Waals surface area contributed by atoms with Gasteiger partial charge < -0.3 is 9.64 Å². The molecule has 2 aliphatic heterocycles. The molecule has 1 amide bonds. The number of aryl methyl sites for hydroxylation is 2. The van der Waals surface area contributed by atoms with Crippen LogP contribution in [-0.4, -0.2) is 62.3 Å². The van der Waals surface area contributed by atoms with E-state index >= 15 is 0 Å². The number of ether oxygens (including phenoxy) is 1. The maximum atomic E-state index is 13.4. The van der Waals surface area contributed by atoms with E-state index < -0.39 is 16.0 Å². The summed E-state index contributed by atoms with van der Waals surface area (Å²) >= 11 is 0. The number of likely N-dealkylation sites (tertiary alicyclic amines) is 1. The zero-order chi connectivity index (χ0) is 23.6. The van der Waals surface area contributed by atoms with Crippen LogP contribution in [0.25, 0.3) is 0 Å². The van der Waals surface area contributed by atoms with E-state index in [0.717, 1.165) is 35.1 Å². The third kappa shape index (κ3) is 5.17. The molecule has 0 radical (unpaired) electrons. The molecule has 7 nitrogen and oxygen atoms in total. The van der Waals surface area contributed by atoms with E-state index in [0.29, 0.717) is 36.7 Å². The monoisotopic (exact) mass is 464 g/mol. The molecule has 8 heteroatoms. The fraction of sp³-hybridized carbons (Fsp3) is 0.667. The first-order chi connectivity index (χ1) is 15.0. The molecule has 32 heavy (non-hydrogen) atoms. The van der Waals surface area contributed by atoms with Gasteiger partial charge in [0.15, 0.2) is 6.61 Å². The molecule has 1 aromatic rings. The van der Waals surface area contributed by atoms with Crippen molar-refractivity contribution in [3.63, 3.8) is 0 Å². The van der Waals surface area contributed by atoms with Crippen LogP contribution in [-0.2, 0) is 24.3 Å². The van der Waals surface area contributed by atoms with Crippen molar-refractivity contribution in [3.8, 4) is 0 Å². The quantitative estimate of drug-likeness (QED) is 0.625. The van der Waals surface area contributed by atoms with Crippen LogP contribution in [0.4, 0.5) is 0 Å². The van der Waals surface area contributed by atoms with Crippen molar-refractivity contribution >= 4 is 21.9 Å². The highest BCUT2D eigenvalue weighted by Gasteiger charge is 2.35. The van der Waals surface area contributed by atoms with Crippen LogP contribution >= 0.6 is 0 Å². The highest BCUT2D eigenvalue weighted by atomic mass is 32.2. The van der Waals surface area contributed by atoms with Gasteiger partial charge in [0.1, 0.15) is 0 Å². The molecule has 0 bridgehead atoms. The maximum absolute atomic E-state index is 13.4. The van der Waals surface area contributed by atoms with Crippen LogP contribution in [0.15, 0.2) is 11.0 Å². The third-order valence-electron chi connectivity index (χ3n) is 7.03. The van der Waals surface area contributed by atoms with Gasteiger partial charge in [-0.05, 0) is 81.5 Å². The Labute approximate surface area is 192 Å². The summed E-state index contributed by atoms with van der Waals surface area (Å²) in [6.07, 6.45) is 2.89. The molecule has 0 saturated carbocycles. The van der Waals surface area contributed by atoms with Crippen LogP contribution < -0.4 is 0 Å². The normalized spacial score (nSPS) is 20.9. The molecule has 0 spiro atoms. The van der Waals surface area contributed by atoms with Crippen molar-refractivity contribution in [1.82, 2.24) is 9.21 Å². The molecule has 0 N–H and O–H groups in total. The van der Waals surface area contributed by atoms with Crippen LogP contribution in [0.1, 0.15) is 54.9 Å². The smallest absolute Gasteiger partial charge is 0.309 e. The first-order valence-corrected chi connectivity index (χ1v) is 13.0. The second-order valence-electron chi connectivity index (χ2n) is 9.46. The number of carbonyl (C=O) groups is 2. The lowest BCUT2D eigenvalue weighted by Crippen LogP contribution is -2.43. The molecular weight excluding hydrogens is 428 g/mol. The fourth-order valence-electron chi connectivity index (χ4n) is 4.79. The SMILES string of the molecule is Cc1cc(C)c(C)c(S(=O)(=O)N2CCC(C(=O)OCC(=O)N3CCCC(C)C3)CC2)c1C. The molecule has 2 saturated heterocycles. The Kier molecular flexibility index (Phi) is 7.65. The Bertz CT molecular complexity index is 954. The molecule has 2 fully saturated rings. The van der Waals surface area contributed by atoms with Crippen molar-refractivity contribution < 1.29 is 22.7 Å². The third-order valence-corrected chi connectivity index (χ3v) is 9.20. The summed E-state index contributed by atoms with van der Waals surface area (Å²) in [5, 5.41) is 0. The predicted octanol–water partition coefficient (Wildman–Crippen LogP) is 3.12. The van der Waals surface area contributed by atoms with Crippen LogP contribution in [0.5, 0.6) is 0 Å². The van der Waals surface area contributed by atoms with Crippen LogP contribution in [0.2, 0.25) is 0 Å². The molecule has 1 atom stereocenters. The van der Waals surface area contributed by atoms with Gasteiger partial charge in [0.05, 0.1) is 10.8 Å². The lowest BCUT2D eigenvalue weighted by molar-refractivity contribution is -0.157. The topological polar surface area (TPSA) is 84.0 Å². The van der Waals surface area contributed by atoms with Gasteiger partial charge in [-0.25, -0.2) is 8.42 Å². The minimum Gasteiger partial charge on any atom is -0.455 e. The highest BCUT2D eigenvalue weighted by Crippen LogP contribution is 2.31. The van der Waals surface area contributed by atoms with Gasteiger partial charge >= 0.3 is 5.97 Å². The van der Waals surface area contributed by atoms with Crippen molar-refractivity contribution in [2.75, 3.05) is 32.8 Å². The van der Waals surface area contributed by atoms with Gasteiger partial charge in [0.25, 0.3) is 5.91 Å². The summed E-state index contributed by atoms with van der Waals surface area (Å²) in [7, 11) is -3.64. The molecule has 1 unspecified atom stereocenters. The van der Waals surface area contributed by atoms with Crippen LogP contribution in [0.3, 0.4) is 0 Å². The van der Waals surface area contributed by atoms with E-state index in [4.69, 9.17) is 4.74 Å². The summed E-state index contributed by atoms with van der Waals surface area (Å²) in [6, 6.07) is 2.01. The van der Waals surface area contributed by atoms with Gasteiger partial charge in [-0.2, -0.15) is 4.31 Å².